The predicted molar refractivity (Wildman–Crippen MR) is 79.4 cm³/mol. The molecule has 5 nitrogen and oxygen atoms in total. The fourth-order valence-corrected chi connectivity index (χ4v) is 2.27. The molecule has 6 heteroatoms. The molecular weight excluding hydrogens is 290 g/mol. The second-order valence-electron chi connectivity index (χ2n) is 4.62. The van der Waals surface area contributed by atoms with E-state index < -0.39 is 5.97 Å². The maximum absolute atomic E-state index is 12.0. The number of hydrogen-bond donors (Lipinski definition) is 0. The van der Waals surface area contributed by atoms with Crippen LogP contribution in [0, 0.1) is 6.92 Å². The standard InChI is InChI=1S/C15H12ClN3O2/c1-10-8-11(16)6-7-14(10)21-15(20)9-19-13-5-3-2-4-12(13)17-18-19/h2-8H,9H2,1H3. The van der Waals surface area contributed by atoms with Crippen molar-refractivity contribution in [2.45, 2.75) is 13.5 Å². The summed E-state index contributed by atoms with van der Waals surface area (Å²) in [6, 6.07) is 12.5. The molecular formula is C15H12ClN3O2. The zero-order chi connectivity index (χ0) is 14.8. The Morgan fingerprint density at radius 2 is 2.10 bits per heavy atom. The Kier molecular flexibility index (Phi) is 3.58. The van der Waals surface area contributed by atoms with Crippen LogP contribution in [0.1, 0.15) is 5.56 Å². The van der Waals surface area contributed by atoms with Crippen LogP contribution in [-0.2, 0) is 11.3 Å². The third kappa shape index (κ3) is 2.87. The SMILES string of the molecule is Cc1cc(Cl)ccc1OC(=O)Cn1nnc2ccccc21. The van der Waals surface area contributed by atoms with Crippen molar-refractivity contribution in [1.82, 2.24) is 15.0 Å². The molecule has 0 amide bonds. The van der Waals surface area contributed by atoms with E-state index >= 15 is 0 Å². The zero-order valence-corrected chi connectivity index (χ0v) is 12.0. The summed E-state index contributed by atoms with van der Waals surface area (Å²) >= 11 is 5.87. The van der Waals surface area contributed by atoms with E-state index in [9.17, 15) is 4.79 Å². The molecule has 106 valence electrons. The molecule has 0 atom stereocenters. The molecule has 3 aromatic rings. The van der Waals surface area contributed by atoms with E-state index in [1.807, 2.05) is 31.2 Å². The van der Waals surface area contributed by atoms with E-state index in [4.69, 9.17) is 16.3 Å². The van der Waals surface area contributed by atoms with Crippen LogP contribution in [0.3, 0.4) is 0 Å². The first-order chi connectivity index (χ1) is 10.1. The number of hydrogen-bond acceptors (Lipinski definition) is 4. The van der Waals surface area contributed by atoms with Gasteiger partial charge in [-0.15, -0.1) is 5.10 Å². The van der Waals surface area contributed by atoms with Crippen LogP contribution in [0.15, 0.2) is 42.5 Å². The molecule has 0 radical (unpaired) electrons. The van der Waals surface area contributed by atoms with Gasteiger partial charge in [-0.05, 0) is 42.8 Å². The van der Waals surface area contributed by atoms with Gasteiger partial charge < -0.3 is 4.74 Å². The minimum Gasteiger partial charge on any atom is -0.425 e. The average molecular weight is 302 g/mol. The second-order valence-corrected chi connectivity index (χ2v) is 5.06. The molecule has 0 saturated heterocycles. The van der Waals surface area contributed by atoms with Crippen molar-refractivity contribution in [3.63, 3.8) is 0 Å². The van der Waals surface area contributed by atoms with E-state index in [0.29, 0.717) is 10.8 Å². The van der Waals surface area contributed by atoms with Crippen LogP contribution in [-0.4, -0.2) is 21.0 Å². The molecule has 0 saturated carbocycles. The second kappa shape index (κ2) is 5.54. The smallest absolute Gasteiger partial charge is 0.333 e. The van der Waals surface area contributed by atoms with E-state index in [-0.39, 0.29) is 6.54 Å². The van der Waals surface area contributed by atoms with Crippen LogP contribution in [0.2, 0.25) is 5.02 Å². The quantitative estimate of drug-likeness (QED) is 0.551. The Morgan fingerprint density at radius 1 is 1.29 bits per heavy atom. The van der Waals surface area contributed by atoms with Gasteiger partial charge in [-0.25, -0.2) is 9.48 Å². The van der Waals surface area contributed by atoms with Crippen molar-refractivity contribution >= 4 is 28.6 Å². The summed E-state index contributed by atoms with van der Waals surface area (Å²) in [4.78, 5) is 12.0. The van der Waals surface area contributed by atoms with Crippen molar-refractivity contribution in [1.29, 1.82) is 0 Å². The number of esters is 1. The fraction of sp³-hybridized carbons (Fsp3) is 0.133. The molecule has 0 aliphatic carbocycles. The van der Waals surface area contributed by atoms with Crippen molar-refractivity contribution in [3.05, 3.63) is 53.1 Å². The van der Waals surface area contributed by atoms with Gasteiger partial charge in [0, 0.05) is 5.02 Å². The highest BCUT2D eigenvalue weighted by molar-refractivity contribution is 6.30. The first-order valence-electron chi connectivity index (χ1n) is 6.38. The number of carbonyl (C=O) groups is 1. The molecule has 0 spiro atoms. The Hall–Kier alpha value is -2.40. The molecule has 0 N–H and O–H groups in total. The lowest BCUT2D eigenvalue weighted by Crippen LogP contribution is -2.17. The molecule has 1 heterocycles. The maximum Gasteiger partial charge on any atom is 0.333 e. The summed E-state index contributed by atoms with van der Waals surface area (Å²) in [5, 5.41) is 8.56. The third-order valence-corrected chi connectivity index (χ3v) is 3.29. The Labute approximate surface area is 126 Å². The third-order valence-electron chi connectivity index (χ3n) is 3.06. The molecule has 3 rings (SSSR count). The summed E-state index contributed by atoms with van der Waals surface area (Å²) < 4.78 is 6.85. The van der Waals surface area contributed by atoms with Gasteiger partial charge in [0.2, 0.25) is 0 Å². The summed E-state index contributed by atoms with van der Waals surface area (Å²) in [5.74, 6) is 0.0879. The lowest BCUT2D eigenvalue weighted by Gasteiger charge is -2.07. The maximum atomic E-state index is 12.0. The van der Waals surface area contributed by atoms with E-state index in [1.165, 1.54) is 4.68 Å². The number of benzene rings is 2. The number of rotatable bonds is 3. The van der Waals surface area contributed by atoms with Crippen molar-refractivity contribution in [2.24, 2.45) is 0 Å². The number of aromatic nitrogens is 3. The highest BCUT2D eigenvalue weighted by Gasteiger charge is 2.11. The first kappa shape index (κ1) is 13.6. The largest absolute Gasteiger partial charge is 0.425 e. The Bertz CT molecular complexity index is 814. The van der Waals surface area contributed by atoms with Crippen molar-refractivity contribution in [2.75, 3.05) is 0 Å². The summed E-state index contributed by atoms with van der Waals surface area (Å²) in [6.45, 7) is 1.84. The number of aryl methyl sites for hydroxylation is 1. The van der Waals surface area contributed by atoms with Gasteiger partial charge in [-0.2, -0.15) is 0 Å². The molecule has 21 heavy (non-hydrogen) atoms. The van der Waals surface area contributed by atoms with Gasteiger partial charge in [0.1, 0.15) is 17.8 Å². The molecule has 0 aliphatic heterocycles. The summed E-state index contributed by atoms with van der Waals surface area (Å²) in [5.41, 5.74) is 2.34. The number of carbonyl (C=O) groups excluding carboxylic acids is 1. The van der Waals surface area contributed by atoms with Gasteiger partial charge in [0.25, 0.3) is 0 Å². The number of halogens is 1. The van der Waals surface area contributed by atoms with Crippen LogP contribution >= 0.6 is 11.6 Å². The van der Waals surface area contributed by atoms with Gasteiger partial charge in [0.05, 0.1) is 5.52 Å². The molecule has 0 aliphatic rings. The van der Waals surface area contributed by atoms with Crippen LogP contribution in [0.5, 0.6) is 5.75 Å². The molecule has 0 fully saturated rings. The normalized spacial score (nSPS) is 10.8. The lowest BCUT2D eigenvalue weighted by atomic mass is 10.2. The molecule has 1 aromatic heterocycles. The van der Waals surface area contributed by atoms with E-state index in [1.54, 1.807) is 18.2 Å². The Morgan fingerprint density at radius 3 is 2.90 bits per heavy atom. The molecule has 2 aromatic carbocycles. The average Bonchev–Trinajstić information content (AvgIpc) is 2.85. The van der Waals surface area contributed by atoms with E-state index in [2.05, 4.69) is 10.3 Å². The lowest BCUT2D eigenvalue weighted by molar-refractivity contribution is -0.135. The molecule has 0 bridgehead atoms. The van der Waals surface area contributed by atoms with Gasteiger partial charge in [-0.1, -0.05) is 28.9 Å². The number of para-hydroxylation sites is 1. The number of ether oxygens (including phenoxy) is 1. The zero-order valence-electron chi connectivity index (χ0n) is 11.3. The topological polar surface area (TPSA) is 57.0 Å². The minimum atomic E-state index is -0.406. The van der Waals surface area contributed by atoms with Crippen LogP contribution in [0.25, 0.3) is 11.0 Å². The number of fused-ring (bicyclic) bond motifs is 1. The molecule has 0 unspecified atom stereocenters. The van der Waals surface area contributed by atoms with Crippen molar-refractivity contribution < 1.29 is 9.53 Å². The van der Waals surface area contributed by atoms with Gasteiger partial charge in [-0.3, -0.25) is 0 Å². The van der Waals surface area contributed by atoms with Crippen molar-refractivity contribution in [3.8, 4) is 5.75 Å². The van der Waals surface area contributed by atoms with Crippen LogP contribution in [0.4, 0.5) is 0 Å². The number of nitrogens with zero attached hydrogens (tertiary/aromatic N) is 3. The highest BCUT2D eigenvalue weighted by atomic mass is 35.5. The highest BCUT2D eigenvalue weighted by Crippen LogP contribution is 2.22. The van der Waals surface area contributed by atoms with Gasteiger partial charge >= 0.3 is 5.97 Å². The Balaban J connectivity index is 1.77. The summed E-state index contributed by atoms with van der Waals surface area (Å²) in [7, 11) is 0. The predicted octanol–water partition coefficient (Wildman–Crippen LogP) is 3.00. The summed E-state index contributed by atoms with van der Waals surface area (Å²) in [6.07, 6.45) is 0. The first-order valence-corrected chi connectivity index (χ1v) is 6.76. The minimum absolute atomic E-state index is 0.00256. The fourth-order valence-electron chi connectivity index (χ4n) is 2.04. The van der Waals surface area contributed by atoms with E-state index in [0.717, 1.165) is 16.6 Å². The van der Waals surface area contributed by atoms with Gasteiger partial charge in [0.15, 0.2) is 0 Å². The monoisotopic (exact) mass is 301 g/mol. The van der Waals surface area contributed by atoms with Crippen LogP contribution < -0.4 is 4.74 Å².